The molecule has 1 unspecified atom stereocenters. The second kappa shape index (κ2) is 6.17. The van der Waals surface area contributed by atoms with Gasteiger partial charge in [-0.1, -0.05) is 18.2 Å². The standard InChI is InChI=1S/C16H16O5/c1-21-15-6-5-10(8-14(15)18)7-13(16(19)20)11-3-2-4-12(17)9-11/h2-6,8-9,13,17-18H,7H2,1H3,(H,19,20). The van der Waals surface area contributed by atoms with Crippen molar-refractivity contribution < 1.29 is 24.9 Å². The summed E-state index contributed by atoms with van der Waals surface area (Å²) in [4.78, 5) is 11.5. The largest absolute Gasteiger partial charge is 0.508 e. The topological polar surface area (TPSA) is 87.0 Å². The van der Waals surface area contributed by atoms with Crippen molar-refractivity contribution in [2.24, 2.45) is 0 Å². The second-order valence-corrected chi connectivity index (χ2v) is 4.70. The van der Waals surface area contributed by atoms with E-state index in [1.54, 1.807) is 24.3 Å². The Balaban J connectivity index is 2.29. The lowest BCUT2D eigenvalue weighted by Gasteiger charge is -2.14. The quantitative estimate of drug-likeness (QED) is 0.787. The summed E-state index contributed by atoms with van der Waals surface area (Å²) in [5.74, 6) is -1.46. The molecule has 21 heavy (non-hydrogen) atoms. The number of rotatable bonds is 5. The summed E-state index contributed by atoms with van der Waals surface area (Å²) in [5.41, 5.74) is 1.18. The minimum Gasteiger partial charge on any atom is -0.508 e. The summed E-state index contributed by atoms with van der Waals surface area (Å²) in [7, 11) is 1.45. The van der Waals surface area contributed by atoms with Crippen LogP contribution in [0.2, 0.25) is 0 Å². The van der Waals surface area contributed by atoms with E-state index >= 15 is 0 Å². The van der Waals surface area contributed by atoms with Crippen LogP contribution in [0.25, 0.3) is 0 Å². The highest BCUT2D eigenvalue weighted by atomic mass is 16.5. The third-order valence-electron chi connectivity index (χ3n) is 3.25. The summed E-state index contributed by atoms with van der Waals surface area (Å²) in [6.45, 7) is 0. The first-order valence-corrected chi connectivity index (χ1v) is 6.39. The number of benzene rings is 2. The predicted molar refractivity (Wildman–Crippen MR) is 76.8 cm³/mol. The van der Waals surface area contributed by atoms with E-state index in [1.807, 2.05) is 0 Å². The van der Waals surface area contributed by atoms with Gasteiger partial charge in [0.15, 0.2) is 11.5 Å². The lowest BCUT2D eigenvalue weighted by molar-refractivity contribution is -0.138. The second-order valence-electron chi connectivity index (χ2n) is 4.70. The maximum absolute atomic E-state index is 11.5. The van der Waals surface area contributed by atoms with E-state index in [1.165, 1.54) is 25.3 Å². The van der Waals surface area contributed by atoms with Crippen molar-refractivity contribution in [3.63, 3.8) is 0 Å². The fourth-order valence-corrected chi connectivity index (χ4v) is 2.19. The molecule has 0 saturated heterocycles. The van der Waals surface area contributed by atoms with E-state index in [9.17, 15) is 20.1 Å². The van der Waals surface area contributed by atoms with E-state index < -0.39 is 11.9 Å². The smallest absolute Gasteiger partial charge is 0.311 e. The molecule has 0 heterocycles. The molecule has 0 aromatic heterocycles. The lowest BCUT2D eigenvalue weighted by Crippen LogP contribution is -2.14. The van der Waals surface area contributed by atoms with Crippen molar-refractivity contribution >= 4 is 5.97 Å². The van der Waals surface area contributed by atoms with E-state index in [-0.39, 0.29) is 17.9 Å². The maximum atomic E-state index is 11.5. The summed E-state index contributed by atoms with van der Waals surface area (Å²) >= 11 is 0. The normalized spacial score (nSPS) is 11.9. The molecule has 0 aliphatic carbocycles. The van der Waals surface area contributed by atoms with E-state index in [2.05, 4.69) is 0 Å². The van der Waals surface area contributed by atoms with Crippen LogP contribution < -0.4 is 4.74 Å². The summed E-state index contributed by atoms with van der Waals surface area (Å²) in [6.07, 6.45) is 0.205. The highest BCUT2D eigenvalue weighted by Gasteiger charge is 2.21. The van der Waals surface area contributed by atoms with Crippen molar-refractivity contribution in [2.45, 2.75) is 12.3 Å². The van der Waals surface area contributed by atoms with Gasteiger partial charge >= 0.3 is 5.97 Å². The Morgan fingerprint density at radius 3 is 2.52 bits per heavy atom. The molecule has 5 nitrogen and oxygen atoms in total. The Bertz CT molecular complexity index is 651. The first-order chi connectivity index (χ1) is 10.0. The summed E-state index contributed by atoms with van der Waals surface area (Å²) < 4.78 is 4.95. The monoisotopic (exact) mass is 288 g/mol. The molecule has 1 atom stereocenters. The van der Waals surface area contributed by atoms with Gasteiger partial charge in [0.25, 0.3) is 0 Å². The number of hydrogen-bond acceptors (Lipinski definition) is 4. The molecule has 0 aliphatic rings. The average Bonchev–Trinajstić information content (AvgIpc) is 2.44. The van der Waals surface area contributed by atoms with Crippen LogP contribution in [0, 0.1) is 0 Å². The highest BCUT2D eigenvalue weighted by Crippen LogP contribution is 2.30. The molecule has 2 aromatic carbocycles. The van der Waals surface area contributed by atoms with Crippen molar-refractivity contribution in [1.82, 2.24) is 0 Å². The Labute approximate surface area is 122 Å². The van der Waals surface area contributed by atoms with Gasteiger partial charge in [-0.05, 0) is 41.8 Å². The number of methoxy groups -OCH3 is 1. The molecular weight excluding hydrogens is 272 g/mol. The molecule has 0 spiro atoms. The van der Waals surface area contributed by atoms with Gasteiger partial charge in [-0.15, -0.1) is 0 Å². The van der Waals surface area contributed by atoms with Gasteiger partial charge in [0, 0.05) is 0 Å². The lowest BCUT2D eigenvalue weighted by atomic mass is 9.92. The molecule has 0 aliphatic heterocycles. The molecule has 0 amide bonds. The van der Waals surface area contributed by atoms with Gasteiger partial charge in [-0.25, -0.2) is 0 Å². The predicted octanol–water partition coefficient (Wildman–Crippen LogP) is 2.52. The Morgan fingerprint density at radius 1 is 1.19 bits per heavy atom. The van der Waals surface area contributed by atoms with Gasteiger partial charge in [-0.3, -0.25) is 4.79 Å². The van der Waals surface area contributed by atoms with Crippen molar-refractivity contribution in [3.05, 3.63) is 53.6 Å². The number of carboxylic acid groups (broad SMARTS) is 1. The Hall–Kier alpha value is -2.69. The van der Waals surface area contributed by atoms with Crippen LogP contribution in [-0.4, -0.2) is 28.4 Å². The van der Waals surface area contributed by atoms with E-state index in [0.29, 0.717) is 16.9 Å². The fourth-order valence-electron chi connectivity index (χ4n) is 2.19. The molecule has 0 saturated carbocycles. The first-order valence-electron chi connectivity index (χ1n) is 6.39. The van der Waals surface area contributed by atoms with Gasteiger partial charge in [0.05, 0.1) is 13.0 Å². The number of carbonyl (C=O) groups is 1. The maximum Gasteiger partial charge on any atom is 0.311 e. The van der Waals surface area contributed by atoms with Crippen LogP contribution in [0.5, 0.6) is 17.2 Å². The van der Waals surface area contributed by atoms with Crippen LogP contribution in [0.15, 0.2) is 42.5 Å². The highest BCUT2D eigenvalue weighted by molar-refractivity contribution is 5.76. The van der Waals surface area contributed by atoms with E-state index in [4.69, 9.17) is 4.74 Å². The number of ether oxygens (including phenoxy) is 1. The minimum atomic E-state index is -0.990. The minimum absolute atomic E-state index is 0.0244. The van der Waals surface area contributed by atoms with Gasteiger partial charge in [0.1, 0.15) is 5.75 Å². The summed E-state index contributed by atoms with van der Waals surface area (Å²) in [5, 5.41) is 28.6. The van der Waals surface area contributed by atoms with Crippen LogP contribution >= 0.6 is 0 Å². The average molecular weight is 288 g/mol. The zero-order chi connectivity index (χ0) is 15.4. The Kier molecular flexibility index (Phi) is 4.33. The number of phenolic OH excluding ortho intramolecular Hbond substituents is 2. The van der Waals surface area contributed by atoms with Gasteiger partial charge < -0.3 is 20.1 Å². The van der Waals surface area contributed by atoms with Crippen LogP contribution in [-0.2, 0) is 11.2 Å². The molecule has 3 N–H and O–H groups in total. The third-order valence-corrected chi connectivity index (χ3v) is 3.25. The van der Waals surface area contributed by atoms with Gasteiger partial charge in [-0.2, -0.15) is 0 Å². The number of aromatic hydroxyl groups is 2. The van der Waals surface area contributed by atoms with Crippen LogP contribution in [0.3, 0.4) is 0 Å². The number of aliphatic carboxylic acids is 1. The summed E-state index contributed by atoms with van der Waals surface area (Å²) in [6, 6.07) is 11.0. The molecule has 0 fully saturated rings. The molecule has 2 rings (SSSR count). The van der Waals surface area contributed by atoms with Crippen LogP contribution in [0.4, 0.5) is 0 Å². The fraction of sp³-hybridized carbons (Fsp3) is 0.188. The molecular formula is C16H16O5. The molecule has 0 radical (unpaired) electrons. The molecule has 0 bridgehead atoms. The number of hydrogen-bond donors (Lipinski definition) is 3. The number of phenols is 2. The van der Waals surface area contributed by atoms with Crippen molar-refractivity contribution in [3.8, 4) is 17.2 Å². The first kappa shape index (κ1) is 14.7. The Morgan fingerprint density at radius 2 is 1.95 bits per heavy atom. The van der Waals surface area contributed by atoms with E-state index in [0.717, 1.165) is 0 Å². The zero-order valence-corrected chi connectivity index (χ0v) is 11.5. The molecule has 110 valence electrons. The van der Waals surface area contributed by atoms with Crippen LogP contribution in [0.1, 0.15) is 17.0 Å². The third kappa shape index (κ3) is 3.45. The van der Waals surface area contributed by atoms with Gasteiger partial charge in [0.2, 0.25) is 0 Å². The zero-order valence-electron chi connectivity index (χ0n) is 11.5. The molecule has 5 heteroatoms. The number of carboxylic acids is 1. The SMILES string of the molecule is COc1ccc(CC(C(=O)O)c2cccc(O)c2)cc1O. The molecule has 2 aromatic rings. The van der Waals surface area contributed by atoms with Crippen molar-refractivity contribution in [2.75, 3.05) is 7.11 Å². The van der Waals surface area contributed by atoms with Crippen molar-refractivity contribution in [1.29, 1.82) is 0 Å².